The zero-order valence-electron chi connectivity index (χ0n) is 15.6. The highest BCUT2D eigenvalue weighted by atomic mass is 16.6. The number of hydrogen-bond donors (Lipinski definition) is 0. The molecule has 0 fully saturated rings. The van der Waals surface area contributed by atoms with Crippen molar-refractivity contribution < 1.29 is 19.1 Å². The lowest BCUT2D eigenvalue weighted by Gasteiger charge is -2.12. The van der Waals surface area contributed by atoms with Crippen molar-refractivity contribution in [1.29, 1.82) is 0 Å². The van der Waals surface area contributed by atoms with Crippen molar-refractivity contribution in [3.05, 3.63) is 59.2 Å². The van der Waals surface area contributed by atoms with Gasteiger partial charge in [0.25, 0.3) is 5.91 Å². The molecule has 2 aromatic carbocycles. The van der Waals surface area contributed by atoms with Crippen molar-refractivity contribution >= 4 is 29.4 Å². The molecule has 0 unspecified atom stereocenters. The van der Waals surface area contributed by atoms with E-state index in [4.69, 9.17) is 9.47 Å². The van der Waals surface area contributed by atoms with Crippen LogP contribution in [-0.2, 0) is 9.59 Å². The highest BCUT2D eigenvalue weighted by Crippen LogP contribution is 2.30. The Kier molecular flexibility index (Phi) is 5.07. The summed E-state index contributed by atoms with van der Waals surface area (Å²) in [5.41, 5.74) is 3.70. The van der Waals surface area contributed by atoms with Crippen LogP contribution in [0.15, 0.2) is 53.1 Å². The van der Waals surface area contributed by atoms with Gasteiger partial charge in [-0.15, -0.1) is 0 Å². The van der Waals surface area contributed by atoms with Crippen LogP contribution in [0.5, 0.6) is 11.5 Å². The number of aryl methyl sites for hydroxylation is 1. The lowest BCUT2D eigenvalue weighted by molar-refractivity contribution is -0.132. The van der Waals surface area contributed by atoms with Gasteiger partial charge in [-0.3, -0.25) is 9.59 Å². The molecule has 6 heteroatoms. The molecule has 0 bridgehead atoms. The summed E-state index contributed by atoms with van der Waals surface area (Å²) in [6, 6.07) is 12.7. The van der Waals surface area contributed by atoms with Gasteiger partial charge in [0.1, 0.15) is 0 Å². The first-order chi connectivity index (χ1) is 12.9. The number of carbonyl (C=O) groups excluding carboxylic acids is 2. The number of hydrogen-bond acceptors (Lipinski definition) is 5. The standard InChI is InChI=1S/C21H20N2O4/c1-13-5-8-17(9-6-13)23-21(25)18(14(2)22-23)11-16-7-10-19(27-15(3)24)20(12-16)26-4/h5-12H,1-4H3. The maximum Gasteiger partial charge on any atom is 0.308 e. The largest absolute Gasteiger partial charge is 0.493 e. The summed E-state index contributed by atoms with van der Waals surface area (Å²) in [6.07, 6.45) is 1.75. The van der Waals surface area contributed by atoms with Crippen LogP contribution in [0.1, 0.15) is 25.0 Å². The molecule has 0 N–H and O–H groups in total. The maximum atomic E-state index is 12.8. The number of anilines is 1. The highest BCUT2D eigenvalue weighted by Gasteiger charge is 2.28. The number of benzene rings is 2. The zero-order valence-corrected chi connectivity index (χ0v) is 15.6. The van der Waals surface area contributed by atoms with Gasteiger partial charge in [0.15, 0.2) is 11.5 Å². The Morgan fingerprint density at radius 3 is 2.41 bits per heavy atom. The first-order valence-corrected chi connectivity index (χ1v) is 8.44. The van der Waals surface area contributed by atoms with Gasteiger partial charge in [-0.1, -0.05) is 23.8 Å². The fourth-order valence-electron chi connectivity index (χ4n) is 2.73. The minimum Gasteiger partial charge on any atom is -0.493 e. The Morgan fingerprint density at radius 2 is 1.78 bits per heavy atom. The predicted molar refractivity (Wildman–Crippen MR) is 104 cm³/mol. The van der Waals surface area contributed by atoms with Gasteiger partial charge in [-0.25, -0.2) is 0 Å². The van der Waals surface area contributed by atoms with Crippen LogP contribution in [0, 0.1) is 6.92 Å². The number of ether oxygens (including phenoxy) is 2. The normalized spacial score (nSPS) is 15.1. The monoisotopic (exact) mass is 364 g/mol. The summed E-state index contributed by atoms with van der Waals surface area (Å²) in [4.78, 5) is 24.0. The summed E-state index contributed by atoms with van der Waals surface area (Å²) >= 11 is 0. The Bertz CT molecular complexity index is 959. The van der Waals surface area contributed by atoms with Crippen LogP contribution in [-0.4, -0.2) is 24.7 Å². The van der Waals surface area contributed by atoms with Crippen molar-refractivity contribution in [2.24, 2.45) is 5.10 Å². The van der Waals surface area contributed by atoms with Crippen molar-refractivity contribution in [2.75, 3.05) is 12.1 Å². The van der Waals surface area contributed by atoms with Crippen molar-refractivity contribution in [3.63, 3.8) is 0 Å². The van der Waals surface area contributed by atoms with Crippen LogP contribution < -0.4 is 14.5 Å². The van der Waals surface area contributed by atoms with Gasteiger partial charge in [0.2, 0.25) is 0 Å². The number of rotatable bonds is 4. The Hall–Kier alpha value is -3.41. The molecule has 6 nitrogen and oxygen atoms in total. The number of hydrazone groups is 1. The summed E-state index contributed by atoms with van der Waals surface area (Å²) in [5.74, 6) is 0.119. The van der Waals surface area contributed by atoms with E-state index in [1.807, 2.05) is 31.2 Å². The molecule has 1 aliphatic heterocycles. The minimum atomic E-state index is -0.429. The molecule has 0 saturated heterocycles. The molecule has 0 radical (unpaired) electrons. The second-order valence-electron chi connectivity index (χ2n) is 6.20. The van der Waals surface area contributed by atoms with E-state index in [0.29, 0.717) is 22.8 Å². The highest BCUT2D eigenvalue weighted by molar-refractivity contribution is 6.32. The number of methoxy groups -OCH3 is 1. The number of amides is 1. The van der Waals surface area contributed by atoms with Crippen LogP contribution in [0.25, 0.3) is 6.08 Å². The molecule has 0 saturated carbocycles. The Labute approximate surface area is 157 Å². The van der Waals surface area contributed by atoms with E-state index in [-0.39, 0.29) is 5.91 Å². The fourth-order valence-corrected chi connectivity index (χ4v) is 2.73. The first kappa shape index (κ1) is 18.4. The average molecular weight is 364 g/mol. The third kappa shape index (κ3) is 3.89. The van der Waals surface area contributed by atoms with Crippen LogP contribution in [0.3, 0.4) is 0 Å². The van der Waals surface area contributed by atoms with Crippen LogP contribution in [0.2, 0.25) is 0 Å². The number of carbonyl (C=O) groups is 2. The lowest BCUT2D eigenvalue weighted by atomic mass is 10.1. The molecule has 1 heterocycles. The van der Waals surface area contributed by atoms with Gasteiger partial charge in [0.05, 0.1) is 24.1 Å². The minimum absolute atomic E-state index is 0.195. The average Bonchev–Trinajstić information content (AvgIpc) is 2.91. The van der Waals surface area contributed by atoms with E-state index in [2.05, 4.69) is 5.10 Å². The van der Waals surface area contributed by atoms with E-state index in [1.54, 1.807) is 31.2 Å². The SMILES string of the molecule is COc1cc(C=C2C(=O)N(c3ccc(C)cc3)N=C2C)ccc1OC(C)=O. The van der Waals surface area contributed by atoms with Gasteiger partial charge >= 0.3 is 5.97 Å². The summed E-state index contributed by atoms with van der Waals surface area (Å²) in [6.45, 7) is 5.11. The summed E-state index contributed by atoms with van der Waals surface area (Å²) < 4.78 is 10.4. The molecular formula is C21H20N2O4. The lowest BCUT2D eigenvalue weighted by Crippen LogP contribution is -2.21. The molecular weight excluding hydrogens is 344 g/mol. The Morgan fingerprint density at radius 1 is 1.07 bits per heavy atom. The molecule has 0 spiro atoms. The van der Waals surface area contributed by atoms with Gasteiger partial charge < -0.3 is 9.47 Å². The molecule has 0 aliphatic carbocycles. The zero-order chi connectivity index (χ0) is 19.6. The molecule has 27 heavy (non-hydrogen) atoms. The third-order valence-electron chi connectivity index (χ3n) is 4.09. The van der Waals surface area contributed by atoms with Crippen molar-refractivity contribution in [3.8, 4) is 11.5 Å². The van der Waals surface area contributed by atoms with E-state index >= 15 is 0 Å². The second kappa shape index (κ2) is 7.45. The molecule has 0 atom stereocenters. The summed E-state index contributed by atoms with van der Waals surface area (Å²) in [5, 5.41) is 5.77. The molecule has 138 valence electrons. The number of esters is 1. The molecule has 1 aliphatic rings. The van der Waals surface area contributed by atoms with Crippen LogP contribution in [0.4, 0.5) is 5.69 Å². The van der Waals surface area contributed by atoms with Crippen molar-refractivity contribution in [2.45, 2.75) is 20.8 Å². The quantitative estimate of drug-likeness (QED) is 0.471. The predicted octanol–water partition coefficient (Wildman–Crippen LogP) is 3.74. The second-order valence-corrected chi connectivity index (χ2v) is 6.20. The van der Waals surface area contributed by atoms with E-state index in [1.165, 1.54) is 19.0 Å². The van der Waals surface area contributed by atoms with E-state index in [9.17, 15) is 9.59 Å². The topological polar surface area (TPSA) is 68.2 Å². The molecule has 0 aromatic heterocycles. The van der Waals surface area contributed by atoms with E-state index < -0.39 is 5.97 Å². The molecule has 2 aromatic rings. The van der Waals surface area contributed by atoms with Gasteiger partial charge in [-0.2, -0.15) is 10.1 Å². The Balaban J connectivity index is 1.91. The van der Waals surface area contributed by atoms with Crippen LogP contribution >= 0.6 is 0 Å². The first-order valence-electron chi connectivity index (χ1n) is 8.44. The van der Waals surface area contributed by atoms with Gasteiger partial charge in [0, 0.05) is 6.92 Å². The maximum absolute atomic E-state index is 12.8. The van der Waals surface area contributed by atoms with Crippen molar-refractivity contribution in [1.82, 2.24) is 0 Å². The fraction of sp³-hybridized carbons (Fsp3) is 0.190. The number of nitrogens with zero attached hydrogens (tertiary/aromatic N) is 2. The molecule has 1 amide bonds. The summed E-state index contributed by atoms with van der Waals surface area (Å²) in [7, 11) is 1.49. The molecule has 3 rings (SSSR count). The smallest absolute Gasteiger partial charge is 0.308 e. The van der Waals surface area contributed by atoms with E-state index in [0.717, 1.165) is 16.8 Å². The third-order valence-corrected chi connectivity index (χ3v) is 4.09. The van der Waals surface area contributed by atoms with Gasteiger partial charge in [-0.05, 0) is 49.8 Å².